The molecule has 1 amide bonds. The molecule has 0 atom stereocenters. The molecule has 0 saturated carbocycles. The minimum atomic E-state index is -0.0938. The minimum absolute atomic E-state index is 0.0802. The molecule has 2 aromatic rings. The Morgan fingerprint density at radius 3 is 2.25 bits per heavy atom. The fourth-order valence-corrected chi connectivity index (χ4v) is 2.24. The largest absolute Gasteiger partial charge is 0.395 e. The summed E-state index contributed by atoms with van der Waals surface area (Å²) in [6.45, 7) is 0.326. The Bertz CT molecular complexity index is 577. The van der Waals surface area contributed by atoms with Crippen molar-refractivity contribution in [2.45, 2.75) is 6.42 Å². The van der Waals surface area contributed by atoms with Crippen LogP contribution >= 0.6 is 0 Å². The molecule has 0 aromatic heterocycles. The summed E-state index contributed by atoms with van der Waals surface area (Å²) in [4.78, 5) is 13.6. The highest BCUT2D eigenvalue weighted by molar-refractivity contribution is 5.85. The first-order valence-electron chi connectivity index (χ1n) is 6.72. The third-order valence-corrected chi connectivity index (χ3v) is 3.26. The number of fused-ring (bicyclic) bond motifs is 1. The number of hydrogen-bond donors (Lipinski definition) is 2. The molecule has 0 saturated heterocycles. The van der Waals surface area contributed by atoms with Gasteiger partial charge >= 0.3 is 0 Å². The van der Waals surface area contributed by atoms with Gasteiger partial charge in [0.05, 0.1) is 19.6 Å². The Labute approximate surface area is 118 Å². The van der Waals surface area contributed by atoms with Crippen LogP contribution in [0.3, 0.4) is 0 Å². The lowest BCUT2D eigenvalue weighted by atomic mass is 10.0. The molecule has 0 unspecified atom stereocenters. The van der Waals surface area contributed by atoms with Gasteiger partial charge in [0.15, 0.2) is 0 Å². The molecule has 0 fully saturated rings. The van der Waals surface area contributed by atoms with Crippen LogP contribution in [0.25, 0.3) is 10.8 Å². The van der Waals surface area contributed by atoms with E-state index >= 15 is 0 Å². The maximum absolute atomic E-state index is 12.1. The van der Waals surface area contributed by atoms with E-state index in [0.717, 1.165) is 16.3 Å². The average Bonchev–Trinajstić information content (AvgIpc) is 2.47. The number of aliphatic hydroxyl groups is 2. The van der Waals surface area contributed by atoms with Gasteiger partial charge in [-0.2, -0.15) is 0 Å². The molecule has 0 heterocycles. The summed E-state index contributed by atoms with van der Waals surface area (Å²) < 4.78 is 0. The van der Waals surface area contributed by atoms with Gasteiger partial charge in [0, 0.05) is 13.1 Å². The van der Waals surface area contributed by atoms with E-state index in [1.807, 2.05) is 42.5 Å². The summed E-state index contributed by atoms with van der Waals surface area (Å²) in [6, 6.07) is 13.9. The van der Waals surface area contributed by atoms with Crippen LogP contribution < -0.4 is 0 Å². The van der Waals surface area contributed by atoms with Crippen LogP contribution in [0.2, 0.25) is 0 Å². The number of nitrogens with zero attached hydrogens (tertiary/aromatic N) is 1. The van der Waals surface area contributed by atoms with Crippen molar-refractivity contribution < 1.29 is 15.0 Å². The van der Waals surface area contributed by atoms with Gasteiger partial charge in [-0.15, -0.1) is 0 Å². The number of hydrogen-bond acceptors (Lipinski definition) is 3. The SMILES string of the molecule is O=C(Cc1ccc2ccccc2c1)N(CCO)CCO. The molecule has 0 aliphatic heterocycles. The zero-order valence-electron chi connectivity index (χ0n) is 11.3. The first-order chi connectivity index (χ1) is 9.74. The quantitative estimate of drug-likeness (QED) is 0.831. The van der Waals surface area contributed by atoms with Crippen LogP contribution in [0.5, 0.6) is 0 Å². The van der Waals surface area contributed by atoms with Gasteiger partial charge in [-0.1, -0.05) is 42.5 Å². The van der Waals surface area contributed by atoms with Gasteiger partial charge in [-0.05, 0) is 16.3 Å². The highest BCUT2D eigenvalue weighted by Crippen LogP contribution is 2.16. The van der Waals surface area contributed by atoms with Crippen molar-refractivity contribution in [3.05, 3.63) is 48.0 Å². The monoisotopic (exact) mass is 273 g/mol. The van der Waals surface area contributed by atoms with E-state index in [1.54, 1.807) is 0 Å². The standard InChI is InChI=1S/C16H19NO3/c18-9-7-17(8-10-19)16(20)12-13-5-6-14-3-1-2-4-15(14)11-13/h1-6,11,18-19H,7-10,12H2. The molecule has 106 valence electrons. The number of rotatable bonds is 6. The van der Waals surface area contributed by atoms with Crippen molar-refractivity contribution in [3.63, 3.8) is 0 Å². The third-order valence-electron chi connectivity index (χ3n) is 3.26. The molecule has 0 spiro atoms. The van der Waals surface area contributed by atoms with Crippen LogP contribution in [0.15, 0.2) is 42.5 Å². The van der Waals surface area contributed by atoms with E-state index in [-0.39, 0.29) is 38.6 Å². The highest BCUT2D eigenvalue weighted by atomic mass is 16.3. The number of benzene rings is 2. The van der Waals surface area contributed by atoms with Crippen molar-refractivity contribution in [3.8, 4) is 0 Å². The Morgan fingerprint density at radius 2 is 1.60 bits per heavy atom. The second kappa shape index (κ2) is 7.03. The van der Waals surface area contributed by atoms with Gasteiger partial charge in [-0.3, -0.25) is 4.79 Å². The van der Waals surface area contributed by atoms with Crippen LogP contribution in [0, 0.1) is 0 Å². The lowest BCUT2D eigenvalue weighted by Crippen LogP contribution is -2.36. The fraction of sp³-hybridized carbons (Fsp3) is 0.312. The average molecular weight is 273 g/mol. The molecule has 0 aliphatic carbocycles. The summed E-state index contributed by atoms with van der Waals surface area (Å²) in [6.07, 6.45) is 0.283. The predicted molar refractivity (Wildman–Crippen MR) is 78.4 cm³/mol. The van der Waals surface area contributed by atoms with Crippen molar-refractivity contribution in [2.24, 2.45) is 0 Å². The Hall–Kier alpha value is -1.91. The van der Waals surface area contributed by atoms with E-state index in [9.17, 15) is 4.79 Å². The van der Waals surface area contributed by atoms with Crippen LogP contribution in [-0.2, 0) is 11.2 Å². The fourth-order valence-electron chi connectivity index (χ4n) is 2.24. The molecule has 0 aliphatic rings. The molecule has 20 heavy (non-hydrogen) atoms. The Morgan fingerprint density at radius 1 is 0.950 bits per heavy atom. The van der Waals surface area contributed by atoms with Crippen LogP contribution in [0.4, 0.5) is 0 Å². The third kappa shape index (κ3) is 3.56. The van der Waals surface area contributed by atoms with E-state index in [0.29, 0.717) is 0 Å². The van der Waals surface area contributed by atoms with E-state index in [4.69, 9.17) is 10.2 Å². The van der Waals surface area contributed by atoms with Crippen LogP contribution in [0.1, 0.15) is 5.56 Å². The molecule has 0 radical (unpaired) electrons. The summed E-state index contributed by atoms with van der Waals surface area (Å²) in [5, 5.41) is 20.1. The molecular formula is C16H19NO3. The molecule has 2 aromatic carbocycles. The normalized spacial score (nSPS) is 10.7. The summed E-state index contributed by atoms with van der Waals surface area (Å²) >= 11 is 0. The molecule has 0 bridgehead atoms. The second-order valence-electron chi connectivity index (χ2n) is 4.69. The Balaban J connectivity index is 2.11. The van der Waals surface area contributed by atoms with Crippen molar-refractivity contribution >= 4 is 16.7 Å². The van der Waals surface area contributed by atoms with Gasteiger partial charge in [-0.25, -0.2) is 0 Å². The zero-order valence-corrected chi connectivity index (χ0v) is 11.3. The number of carbonyl (C=O) groups excluding carboxylic acids is 1. The van der Waals surface area contributed by atoms with E-state index in [2.05, 4.69) is 0 Å². The number of carbonyl (C=O) groups is 1. The lowest BCUT2D eigenvalue weighted by molar-refractivity contribution is -0.131. The van der Waals surface area contributed by atoms with Gasteiger partial charge in [0.1, 0.15) is 0 Å². The molecule has 2 N–H and O–H groups in total. The minimum Gasteiger partial charge on any atom is -0.395 e. The highest BCUT2D eigenvalue weighted by Gasteiger charge is 2.13. The summed E-state index contributed by atoms with van der Waals surface area (Å²) in [7, 11) is 0. The van der Waals surface area contributed by atoms with E-state index in [1.165, 1.54) is 4.90 Å². The molecule has 4 nitrogen and oxygen atoms in total. The lowest BCUT2D eigenvalue weighted by Gasteiger charge is -2.20. The second-order valence-corrected chi connectivity index (χ2v) is 4.69. The predicted octanol–water partition coefficient (Wildman–Crippen LogP) is 1.20. The first kappa shape index (κ1) is 14.5. The number of aliphatic hydroxyl groups excluding tert-OH is 2. The van der Waals surface area contributed by atoms with Crippen LogP contribution in [-0.4, -0.2) is 47.3 Å². The summed E-state index contributed by atoms with van der Waals surface area (Å²) in [5.74, 6) is -0.0802. The van der Waals surface area contributed by atoms with Crippen molar-refractivity contribution in [2.75, 3.05) is 26.3 Å². The topological polar surface area (TPSA) is 60.8 Å². The van der Waals surface area contributed by atoms with Gasteiger partial charge in [0.25, 0.3) is 0 Å². The maximum Gasteiger partial charge on any atom is 0.227 e. The molecule has 4 heteroatoms. The van der Waals surface area contributed by atoms with E-state index < -0.39 is 0 Å². The number of amides is 1. The zero-order chi connectivity index (χ0) is 14.4. The summed E-state index contributed by atoms with van der Waals surface area (Å²) in [5.41, 5.74) is 0.939. The maximum atomic E-state index is 12.1. The molecule has 2 rings (SSSR count). The molecular weight excluding hydrogens is 254 g/mol. The van der Waals surface area contributed by atoms with Gasteiger partial charge < -0.3 is 15.1 Å². The first-order valence-corrected chi connectivity index (χ1v) is 6.72. The van der Waals surface area contributed by atoms with Crippen molar-refractivity contribution in [1.82, 2.24) is 4.90 Å². The smallest absolute Gasteiger partial charge is 0.227 e. The Kier molecular flexibility index (Phi) is 5.09. The van der Waals surface area contributed by atoms with Gasteiger partial charge in [0.2, 0.25) is 5.91 Å². The van der Waals surface area contributed by atoms with Crippen molar-refractivity contribution in [1.29, 1.82) is 0 Å².